The standard InChI is InChI=1S/C19H33N3O/c1-15(23-2)22-11-7-19(14-22)12-17(13-19)21-9-5-16(6-10-21)18-4-3-8-20-18/h15,17,20H,3-14H2,1-2H3. The van der Waals surface area contributed by atoms with Crippen molar-refractivity contribution in [3.05, 3.63) is 11.3 Å². The number of ether oxygens (including phenoxy) is 1. The minimum atomic E-state index is 0.288. The summed E-state index contributed by atoms with van der Waals surface area (Å²) in [5, 5.41) is 3.60. The van der Waals surface area contributed by atoms with E-state index < -0.39 is 0 Å². The van der Waals surface area contributed by atoms with E-state index in [-0.39, 0.29) is 6.23 Å². The zero-order chi connectivity index (χ0) is 15.9. The second-order valence-corrected chi connectivity index (χ2v) is 8.27. The van der Waals surface area contributed by atoms with Crippen LogP contribution in [0.2, 0.25) is 0 Å². The molecule has 1 spiro atoms. The van der Waals surface area contributed by atoms with Crippen molar-refractivity contribution in [3.8, 4) is 0 Å². The maximum atomic E-state index is 5.50. The van der Waals surface area contributed by atoms with E-state index in [1.54, 1.807) is 11.3 Å². The third-order valence-corrected chi connectivity index (χ3v) is 6.95. The Morgan fingerprint density at radius 3 is 2.61 bits per heavy atom. The number of likely N-dealkylation sites (tertiary alicyclic amines) is 2. The fourth-order valence-electron chi connectivity index (χ4n) is 5.32. The number of methoxy groups -OCH3 is 1. The van der Waals surface area contributed by atoms with Crippen molar-refractivity contribution in [2.75, 3.05) is 39.8 Å². The maximum absolute atomic E-state index is 5.50. The molecule has 1 saturated carbocycles. The van der Waals surface area contributed by atoms with Crippen LogP contribution in [-0.4, -0.2) is 61.9 Å². The lowest BCUT2D eigenvalue weighted by Gasteiger charge is -2.51. The van der Waals surface area contributed by atoms with Crippen LogP contribution in [0, 0.1) is 5.41 Å². The predicted octanol–water partition coefficient (Wildman–Crippen LogP) is 2.57. The first-order valence-corrected chi connectivity index (χ1v) is 9.65. The molecule has 0 aromatic rings. The van der Waals surface area contributed by atoms with Crippen LogP contribution in [0.15, 0.2) is 11.3 Å². The summed E-state index contributed by atoms with van der Waals surface area (Å²) >= 11 is 0. The predicted molar refractivity (Wildman–Crippen MR) is 93.2 cm³/mol. The van der Waals surface area contributed by atoms with Gasteiger partial charge in [0.1, 0.15) is 6.23 Å². The van der Waals surface area contributed by atoms with Crippen LogP contribution in [0.25, 0.3) is 0 Å². The molecule has 4 fully saturated rings. The highest BCUT2D eigenvalue weighted by molar-refractivity contribution is 5.18. The fourth-order valence-corrected chi connectivity index (χ4v) is 5.32. The molecule has 0 radical (unpaired) electrons. The molecule has 3 aliphatic heterocycles. The van der Waals surface area contributed by atoms with Gasteiger partial charge < -0.3 is 10.1 Å². The molecule has 0 bridgehead atoms. The molecule has 4 rings (SSSR count). The fraction of sp³-hybridized carbons (Fsp3) is 0.895. The van der Waals surface area contributed by atoms with Crippen LogP contribution < -0.4 is 5.32 Å². The molecular formula is C19H33N3O. The molecule has 0 amide bonds. The molecule has 1 N–H and O–H groups in total. The molecule has 1 atom stereocenters. The van der Waals surface area contributed by atoms with Crippen molar-refractivity contribution in [1.29, 1.82) is 0 Å². The van der Waals surface area contributed by atoms with E-state index in [4.69, 9.17) is 4.74 Å². The number of hydrogen-bond donors (Lipinski definition) is 1. The van der Waals surface area contributed by atoms with Crippen molar-refractivity contribution >= 4 is 0 Å². The SMILES string of the molecule is COC(C)N1CCC2(CC(N3CCC(=C4CCCN4)CC3)C2)C1. The molecule has 3 saturated heterocycles. The van der Waals surface area contributed by atoms with Crippen LogP contribution >= 0.6 is 0 Å². The van der Waals surface area contributed by atoms with Crippen LogP contribution in [0.4, 0.5) is 0 Å². The highest BCUT2D eigenvalue weighted by Gasteiger charge is 2.50. The van der Waals surface area contributed by atoms with Gasteiger partial charge in [0.05, 0.1) is 0 Å². The topological polar surface area (TPSA) is 27.7 Å². The summed E-state index contributed by atoms with van der Waals surface area (Å²) in [6.45, 7) is 8.45. The quantitative estimate of drug-likeness (QED) is 0.865. The van der Waals surface area contributed by atoms with Crippen LogP contribution in [0.3, 0.4) is 0 Å². The van der Waals surface area contributed by atoms with Gasteiger partial charge >= 0.3 is 0 Å². The lowest BCUT2D eigenvalue weighted by atomic mass is 9.64. The molecule has 130 valence electrons. The van der Waals surface area contributed by atoms with Crippen LogP contribution in [0.5, 0.6) is 0 Å². The van der Waals surface area contributed by atoms with Crippen molar-refractivity contribution in [3.63, 3.8) is 0 Å². The molecule has 0 aromatic heterocycles. The number of allylic oxidation sites excluding steroid dienone is 1. The monoisotopic (exact) mass is 319 g/mol. The molecule has 23 heavy (non-hydrogen) atoms. The number of nitrogens with one attached hydrogen (secondary N) is 1. The summed E-state index contributed by atoms with van der Waals surface area (Å²) in [6, 6.07) is 0.857. The average molecular weight is 319 g/mol. The van der Waals surface area contributed by atoms with Crippen LogP contribution in [-0.2, 0) is 4.74 Å². The molecule has 1 unspecified atom stereocenters. The Kier molecular flexibility index (Phi) is 4.41. The minimum Gasteiger partial charge on any atom is -0.388 e. The van der Waals surface area contributed by atoms with Gasteiger partial charge in [-0.25, -0.2) is 0 Å². The summed E-state index contributed by atoms with van der Waals surface area (Å²) in [7, 11) is 1.83. The first-order valence-electron chi connectivity index (χ1n) is 9.65. The summed E-state index contributed by atoms with van der Waals surface area (Å²) in [5.74, 6) is 0. The van der Waals surface area contributed by atoms with Gasteiger partial charge in [0.2, 0.25) is 0 Å². The van der Waals surface area contributed by atoms with Crippen molar-refractivity contribution in [2.24, 2.45) is 5.41 Å². The molecule has 1 aliphatic carbocycles. The normalized spacial score (nSPS) is 37.2. The Hall–Kier alpha value is -0.580. The second kappa shape index (κ2) is 6.38. The lowest BCUT2D eigenvalue weighted by molar-refractivity contribution is -0.0361. The van der Waals surface area contributed by atoms with E-state index >= 15 is 0 Å². The van der Waals surface area contributed by atoms with Crippen molar-refractivity contribution in [2.45, 2.75) is 64.1 Å². The van der Waals surface area contributed by atoms with Gasteiger partial charge in [0.15, 0.2) is 0 Å². The number of nitrogens with zero attached hydrogens (tertiary/aromatic N) is 2. The molecule has 4 nitrogen and oxygen atoms in total. The van der Waals surface area contributed by atoms with Gasteiger partial charge in [0.25, 0.3) is 0 Å². The summed E-state index contributed by atoms with van der Waals surface area (Å²) in [5.41, 5.74) is 3.94. The molecule has 4 aliphatic rings. The third kappa shape index (κ3) is 3.06. The Balaban J connectivity index is 1.26. The van der Waals surface area contributed by atoms with Gasteiger partial charge in [-0.2, -0.15) is 0 Å². The van der Waals surface area contributed by atoms with E-state index in [1.165, 1.54) is 77.7 Å². The molecule has 3 heterocycles. The lowest BCUT2D eigenvalue weighted by Crippen LogP contribution is -2.54. The van der Waals surface area contributed by atoms with E-state index in [1.807, 2.05) is 7.11 Å². The van der Waals surface area contributed by atoms with Crippen molar-refractivity contribution < 1.29 is 4.74 Å². The molecular weight excluding hydrogens is 286 g/mol. The highest BCUT2D eigenvalue weighted by atomic mass is 16.5. The third-order valence-electron chi connectivity index (χ3n) is 6.95. The number of rotatable bonds is 3. The van der Waals surface area contributed by atoms with Gasteiger partial charge in [-0.05, 0) is 62.9 Å². The van der Waals surface area contributed by atoms with E-state index in [9.17, 15) is 0 Å². The first kappa shape index (κ1) is 15.9. The number of piperidine rings is 1. The Labute approximate surface area is 141 Å². The van der Waals surface area contributed by atoms with Gasteiger partial charge in [-0.15, -0.1) is 0 Å². The number of hydrogen-bond acceptors (Lipinski definition) is 4. The average Bonchev–Trinajstić information content (AvgIpc) is 3.22. The highest BCUT2D eigenvalue weighted by Crippen LogP contribution is 2.51. The molecule has 4 heteroatoms. The summed E-state index contributed by atoms with van der Waals surface area (Å²) in [6.07, 6.45) is 9.76. The first-order chi connectivity index (χ1) is 11.2. The minimum absolute atomic E-state index is 0.288. The zero-order valence-electron chi connectivity index (χ0n) is 14.9. The van der Waals surface area contributed by atoms with Crippen molar-refractivity contribution in [1.82, 2.24) is 15.1 Å². The van der Waals surface area contributed by atoms with E-state index in [0.29, 0.717) is 5.41 Å². The Bertz CT molecular complexity index is 451. The van der Waals surface area contributed by atoms with Crippen LogP contribution in [0.1, 0.15) is 51.9 Å². The zero-order valence-corrected chi connectivity index (χ0v) is 14.9. The smallest absolute Gasteiger partial charge is 0.107 e. The maximum Gasteiger partial charge on any atom is 0.107 e. The van der Waals surface area contributed by atoms with E-state index in [0.717, 1.165) is 6.04 Å². The largest absolute Gasteiger partial charge is 0.388 e. The van der Waals surface area contributed by atoms with E-state index in [2.05, 4.69) is 22.0 Å². The van der Waals surface area contributed by atoms with Gasteiger partial charge in [0, 0.05) is 51.6 Å². The van der Waals surface area contributed by atoms with Gasteiger partial charge in [-0.1, -0.05) is 0 Å². The Morgan fingerprint density at radius 2 is 1.96 bits per heavy atom. The van der Waals surface area contributed by atoms with Gasteiger partial charge in [-0.3, -0.25) is 9.80 Å². The summed E-state index contributed by atoms with van der Waals surface area (Å²) in [4.78, 5) is 5.31. The summed E-state index contributed by atoms with van der Waals surface area (Å²) < 4.78 is 5.50. The Morgan fingerprint density at radius 1 is 1.17 bits per heavy atom. The second-order valence-electron chi connectivity index (χ2n) is 8.27. The molecule has 0 aromatic carbocycles.